The summed E-state index contributed by atoms with van der Waals surface area (Å²) >= 11 is 12.3. The number of aromatic nitrogens is 2. The van der Waals surface area contributed by atoms with Crippen molar-refractivity contribution in [3.05, 3.63) is 98.9 Å². The molecule has 0 saturated carbocycles. The van der Waals surface area contributed by atoms with Gasteiger partial charge in [-0.3, -0.25) is 9.59 Å². The molecule has 1 atom stereocenters. The number of amides is 1. The molecule has 40 heavy (non-hydrogen) atoms. The summed E-state index contributed by atoms with van der Waals surface area (Å²) in [5.41, 5.74) is 0.958. The monoisotopic (exact) mass is 580 g/mol. The molecule has 1 amide bonds. The molecule has 1 fully saturated rings. The SMILES string of the molecule is COc1ccc(Oc2cnn(-c3ccc(Cl)c(Cl)c3)c(=O)c2Nc2cccc(C(=O)NC[C@H]3CCCO3)c2)cc1. The molecule has 1 aromatic heterocycles. The molecular formula is C29H26Cl2N4O5. The van der Waals surface area contributed by atoms with E-state index < -0.39 is 5.56 Å². The van der Waals surface area contributed by atoms with Crippen molar-refractivity contribution < 1.29 is 19.0 Å². The van der Waals surface area contributed by atoms with Crippen LogP contribution in [-0.2, 0) is 4.74 Å². The highest BCUT2D eigenvalue weighted by molar-refractivity contribution is 6.42. The van der Waals surface area contributed by atoms with E-state index in [0.29, 0.717) is 46.6 Å². The van der Waals surface area contributed by atoms with E-state index in [1.807, 2.05) is 0 Å². The first kappa shape index (κ1) is 27.5. The maximum absolute atomic E-state index is 13.7. The lowest BCUT2D eigenvalue weighted by Crippen LogP contribution is -2.31. The quantitative estimate of drug-likeness (QED) is 0.250. The van der Waals surface area contributed by atoms with Gasteiger partial charge in [0, 0.05) is 24.4 Å². The minimum absolute atomic E-state index is 0.0274. The molecular weight excluding hydrogens is 555 g/mol. The second-order valence-corrected chi connectivity index (χ2v) is 9.84. The van der Waals surface area contributed by atoms with Crippen LogP contribution in [0, 0.1) is 0 Å². The average molecular weight is 581 g/mol. The second-order valence-electron chi connectivity index (χ2n) is 9.03. The fraction of sp³-hybridized carbons (Fsp3) is 0.207. The maximum Gasteiger partial charge on any atom is 0.299 e. The number of ether oxygens (including phenoxy) is 3. The summed E-state index contributed by atoms with van der Waals surface area (Å²) < 4.78 is 18.0. The van der Waals surface area contributed by atoms with Gasteiger partial charge in [-0.2, -0.15) is 9.78 Å². The number of carbonyl (C=O) groups excluding carboxylic acids is 1. The smallest absolute Gasteiger partial charge is 0.299 e. The Hall–Kier alpha value is -4.05. The van der Waals surface area contributed by atoms with E-state index in [0.717, 1.165) is 12.8 Å². The minimum Gasteiger partial charge on any atom is -0.497 e. The van der Waals surface area contributed by atoms with Crippen molar-refractivity contribution in [2.24, 2.45) is 0 Å². The average Bonchev–Trinajstić information content (AvgIpc) is 3.50. The van der Waals surface area contributed by atoms with Crippen LogP contribution in [0.1, 0.15) is 23.2 Å². The van der Waals surface area contributed by atoms with Crippen LogP contribution in [0.2, 0.25) is 10.0 Å². The molecule has 2 heterocycles. The number of carbonyl (C=O) groups is 1. The fourth-order valence-corrected chi connectivity index (χ4v) is 4.49. The fourth-order valence-electron chi connectivity index (χ4n) is 4.20. The summed E-state index contributed by atoms with van der Waals surface area (Å²) in [6.45, 7) is 1.15. The zero-order chi connectivity index (χ0) is 28.1. The van der Waals surface area contributed by atoms with Crippen molar-refractivity contribution in [3.63, 3.8) is 0 Å². The molecule has 11 heteroatoms. The first-order chi connectivity index (χ1) is 19.4. The molecule has 0 aliphatic carbocycles. The van der Waals surface area contributed by atoms with Crippen molar-refractivity contribution in [1.29, 1.82) is 0 Å². The van der Waals surface area contributed by atoms with E-state index in [4.69, 9.17) is 37.4 Å². The van der Waals surface area contributed by atoms with Gasteiger partial charge in [0.2, 0.25) is 0 Å². The van der Waals surface area contributed by atoms with Gasteiger partial charge in [-0.05, 0) is 73.5 Å². The lowest BCUT2D eigenvalue weighted by Gasteiger charge is -2.16. The number of hydrogen-bond acceptors (Lipinski definition) is 7. The van der Waals surface area contributed by atoms with E-state index in [2.05, 4.69) is 15.7 Å². The Balaban J connectivity index is 1.47. The number of halogens is 2. The number of methoxy groups -OCH3 is 1. The van der Waals surface area contributed by atoms with Gasteiger partial charge in [0.1, 0.15) is 11.5 Å². The molecule has 0 unspecified atom stereocenters. The lowest BCUT2D eigenvalue weighted by atomic mass is 10.1. The molecule has 5 rings (SSSR count). The summed E-state index contributed by atoms with van der Waals surface area (Å²) in [7, 11) is 1.57. The third kappa shape index (κ3) is 6.39. The zero-order valence-corrected chi connectivity index (χ0v) is 23.0. The van der Waals surface area contributed by atoms with Crippen molar-refractivity contribution in [2.45, 2.75) is 18.9 Å². The molecule has 206 valence electrons. The van der Waals surface area contributed by atoms with Gasteiger partial charge < -0.3 is 24.8 Å². The van der Waals surface area contributed by atoms with E-state index in [1.165, 1.54) is 10.9 Å². The first-order valence-corrected chi connectivity index (χ1v) is 13.3. The summed E-state index contributed by atoms with van der Waals surface area (Å²) in [5.74, 6) is 1.07. The molecule has 3 aromatic carbocycles. The Morgan fingerprint density at radius 3 is 2.60 bits per heavy atom. The number of nitrogens with one attached hydrogen (secondary N) is 2. The van der Waals surface area contributed by atoms with Crippen LogP contribution < -0.4 is 25.7 Å². The second kappa shape index (κ2) is 12.4. The Morgan fingerprint density at radius 1 is 1.07 bits per heavy atom. The lowest BCUT2D eigenvalue weighted by molar-refractivity contribution is 0.0858. The summed E-state index contributed by atoms with van der Waals surface area (Å²) in [6, 6.07) is 18.5. The third-order valence-electron chi connectivity index (χ3n) is 6.29. The Labute approximate surface area is 240 Å². The Bertz CT molecular complexity index is 1570. The highest BCUT2D eigenvalue weighted by Crippen LogP contribution is 2.31. The van der Waals surface area contributed by atoms with Gasteiger partial charge in [0.25, 0.3) is 11.5 Å². The van der Waals surface area contributed by atoms with Gasteiger partial charge >= 0.3 is 0 Å². The van der Waals surface area contributed by atoms with Gasteiger partial charge in [0.05, 0.1) is 35.1 Å². The largest absolute Gasteiger partial charge is 0.497 e. The molecule has 0 spiro atoms. The van der Waals surface area contributed by atoms with Crippen LogP contribution in [0.15, 0.2) is 77.7 Å². The first-order valence-electron chi connectivity index (χ1n) is 12.6. The molecule has 0 bridgehead atoms. The van der Waals surface area contributed by atoms with E-state index >= 15 is 0 Å². The van der Waals surface area contributed by atoms with Crippen molar-refractivity contribution >= 4 is 40.5 Å². The van der Waals surface area contributed by atoms with E-state index in [9.17, 15) is 9.59 Å². The number of anilines is 2. The number of benzene rings is 3. The Kier molecular flexibility index (Phi) is 8.54. The van der Waals surface area contributed by atoms with E-state index in [1.54, 1.807) is 73.8 Å². The highest BCUT2D eigenvalue weighted by Gasteiger charge is 2.19. The predicted molar refractivity (Wildman–Crippen MR) is 154 cm³/mol. The standard InChI is InChI=1S/C29H26Cl2N4O5/c1-38-21-8-10-22(11-9-21)40-26-17-33-35(20-7-12-24(30)25(31)15-20)29(37)27(26)34-19-5-2-4-18(14-19)28(36)32-16-23-6-3-13-39-23/h2,4-5,7-12,14-15,17,23,34H,3,6,13,16H2,1H3,(H,32,36)/t23-/m1/s1. The molecule has 1 aliphatic rings. The molecule has 1 aliphatic heterocycles. The van der Waals surface area contributed by atoms with Crippen molar-refractivity contribution in [2.75, 3.05) is 25.6 Å². The predicted octanol–water partition coefficient (Wildman–Crippen LogP) is 5.99. The normalized spacial score (nSPS) is 14.5. The van der Waals surface area contributed by atoms with E-state index in [-0.39, 0.29) is 28.5 Å². The van der Waals surface area contributed by atoms with Crippen LogP contribution in [0.5, 0.6) is 17.2 Å². The van der Waals surface area contributed by atoms with Gasteiger partial charge in [-0.1, -0.05) is 29.3 Å². The molecule has 2 N–H and O–H groups in total. The van der Waals surface area contributed by atoms with Crippen LogP contribution >= 0.6 is 23.2 Å². The molecule has 1 saturated heterocycles. The van der Waals surface area contributed by atoms with Crippen molar-refractivity contribution in [3.8, 4) is 22.9 Å². The molecule has 9 nitrogen and oxygen atoms in total. The van der Waals surface area contributed by atoms with Crippen LogP contribution in [0.25, 0.3) is 5.69 Å². The summed E-state index contributed by atoms with van der Waals surface area (Å²) in [5, 5.41) is 11.0. The molecule has 0 radical (unpaired) electrons. The third-order valence-corrected chi connectivity index (χ3v) is 7.03. The van der Waals surface area contributed by atoms with Crippen LogP contribution in [-0.4, -0.2) is 42.1 Å². The highest BCUT2D eigenvalue weighted by atomic mass is 35.5. The Morgan fingerprint density at radius 2 is 1.88 bits per heavy atom. The topological polar surface area (TPSA) is 104 Å². The van der Waals surface area contributed by atoms with Crippen LogP contribution in [0.4, 0.5) is 11.4 Å². The maximum atomic E-state index is 13.7. The number of nitrogens with zero attached hydrogens (tertiary/aromatic N) is 2. The minimum atomic E-state index is -0.502. The van der Waals surface area contributed by atoms with Crippen LogP contribution in [0.3, 0.4) is 0 Å². The number of hydrogen-bond donors (Lipinski definition) is 2. The van der Waals surface area contributed by atoms with Crippen molar-refractivity contribution in [1.82, 2.24) is 15.1 Å². The zero-order valence-electron chi connectivity index (χ0n) is 21.5. The van der Waals surface area contributed by atoms with Gasteiger partial charge in [0.15, 0.2) is 11.4 Å². The molecule has 4 aromatic rings. The van der Waals surface area contributed by atoms with Gasteiger partial charge in [-0.15, -0.1) is 0 Å². The summed E-state index contributed by atoms with van der Waals surface area (Å²) in [4.78, 5) is 26.5. The summed E-state index contributed by atoms with van der Waals surface area (Å²) in [6.07, 6.45) is 3.37. The van der Waals surface area contributed by atoms with Gasteiger partial charge in [-0.25, -0.2) is 0 Å². The number of rotatable bonds is 9.